The van der Waals surface area contributed by atoms with Crippen LogP contribution in [0.4, 0.5) is 5.69 Å². The van der Waals surface area contributed by atoms with Gasteiger partial charge < -0.3 is 10.0 Å². The molecule has 1 atom stereocenters. The summed E-state index contributed by atoms with van der Waals surface area (Å²) < 4.78 is 0. The van der Waals surface area contributed by atoms with Crippen molar-refractivity contribution in [3.63, 3.8) is 0 Å². The third-order valence-corrected chi connectivity index (χ3v) is 2.99. The van der Waals surface area contributed by atoms with Gasteiger partial charge in [0.2, 0.25) is 0 Å². The first-order valence-corrected chi connectivity index (χ1v) is 5.35. The summed E-state index contributed by atoms with van der Waals surface area (Å²) in [6.45, 7) is 6.29. The molecule has 0 saturated heterocycles. The van der Waals surface area contributed by atoms with Gasteiger partial charge >= 0.3 is 5.97 Å². The minimum atomic E-state index is -0.916. The SMILES string of the molecule is CC(C)C(C)N(C)c1cnccc1C(=O)O. The van der Waals surface area contributed by atoms with E-state index in [2.05, 4.69) is 25.8 Å². The summed E-state index contributed by atoms with van der Waals surface area (Å²) in [6.07, 6.45) is 3.10. The van der Waals surface area contributed by atoms with E-state index < -0.39 is 5.97 Å². The van der Waals surface area contributed by atoms with Crippen LogP contribution in [-0.2, 0) is 0 Å². The van der Waals surface area contributed by atoms with Crippen molar-refractivity contribution in [2.75, 3.05) is 11.9 Å². The van der Waals surface area contributed by atoms with Gasteiger partial charge in [0, 0.05) is 19.3 Å². The second-order valence-corrected chi connectivity index (χ2v) is 4.29. The zero-order valence-electron chi connectivity index (χ0n) is 10.1. The van der Waals surface area contributed by atoms with Gasteiger partial charge in [0.25, 0.3) is 0 Å². The van der Waals surface area contributed by atoms with E-state index in [1.54, 1.807) is 6.20 Å². The predicted molar refractivity (Wildman–Crippen MR) is 63.9 cm³/mol. The van der Waals surface area contributed by atoms with Gasteiger partial charge in [-0.1, -0.05) is 13.8 Å². The third kappa shape index (κ3) is 2.51. The molecular weight excluding hydrogens is 204 g/mol. The third-order valence-electron chi connectivity index (χ3n) is 2.99. The fraction of sp³-hybridized carbons (Fsp3) is 0.500. The topological polar surface area (TPSA) is 53.4 Å². The largest absolute Gasteiger partial charge is 0.478 e. The Kier molecular flexibility index (Phi) is 3.88. The molecular formula is C12H18N2O2. The van der Waals surface area contributed by atoms with Crippen LogP contribution in [0.1, 0.15) is 31.1 Å². The van der Waals surface area contributed by atoms with Crippen LogP contribution in [0, 0.1) is 5.92 Å². The Morgan fingerprint density at radius 3 is 2.56 bits per heavy atom. The van der Waals surface area contributed by atoms with E-state index in [1.807, 2.05) is 11.9 Å². The van der Waals surface area contributed by atoms with E-state index in [-0.39, 0.29) is 6.04 Å². The number of aromatic nitrogens is 1. The second-order valence-electron chi connectivity index (χ2n) is 4.29. The predicted octanol–water partition coefficient (Wildman–Crippen LogP) is 2.26. The van der Waals surface area contributed by atoms with Crippen molar-refractivity contribution in [3.05, 3.63) is 24.0 Å². The number of hydrogen-bond donors (Lipinski definition) is 1. The molecule has 0 radical (unpaired) electrons. The van der Waals surface area contributed by atoms with E-state index in [0.717, 1.165) is 0 Å². The van der Waals surface area contributed by atoms with Crippen LogP contribution in [0.5, 0.6) is 0 Å². The zero-order chi connectivity index (χ0) is 12.3. The van der Waals surface area contributed by atoms with E-state index in [9.17, 15) is 4.79 Å². The molecule has 0 aromatic carbocycles. The highest BCUT2D eigenvalue weighted by Gasteiger charge is 2.19. The Labute approximate surface area is 95.9 Å². The maximum atomic E-state index is 11.1. The van der Waals surface area contributed by atoms with Crippen LogP contribution in [0.2, 0.25) is 0 Å². The molecule has 1 aromatic heterocycles. The van der Waals surface area contributed by atoms with Gasteiger partial charge in [0.05, 0.1) is 17.4 Å². The number of aromatic carboxylic acids is 1. The lowest BCUT2D eigenvalue weighted by Crippen LogP contribution is -2.34. The summed E-state index contributed by atoms with van der Waals surface area (Å²) in [4.78, 5) is 17.0. The Morgan fingerprint density at radius 1 is 1.44 bits per heavy atom. The number of nitrogens with zero attached hydrogens (tertiary/aromatic N) is 2. The molecule has 1 N–H and O–H groups in total. The van der Waals surface area contributed by atoms with Crippen molar-refractivity contribution in [2.24, 2.45) is 5.92 Å². The van der Waals surface area contributed by atoms with Crippen molar-refractivity contribution >= 4 is 11.7 Å². The highest BCUT2D eigenvalue weighted by molar-refractivity contribution is 5.94. The monoisotopic (exact) mass is 222 g/mol. The first-order chi connectivity index (χ1) is 7.45. The van der Waals surface area contributed by atoms with Crippen molar-refractivity contribution in [3.8, 4) is 0 Å². The molecule has 4 heteroatoms. The fourth-order valence-corrected chi connectivity index (χ4v) is 1.51. The minimum Gasteiger partial charge on any atom is -0.478 e. The van der Waals surface area contributed by atoms with Gasteiger partial charge in [-0.25, -0.2) is 4.79 Å². The van der Waals surface area contributed by atoms with Gasteiger partial charge in [-0.15, -0.1) is 0 Å². The maximum Gasteiger partial charge on any atom is 0.337 e. The Hall–Kier alpha value is -1.58. The average molecular weight is 222 g/mol. The van der Waals surface area contributed by atoms with Gasteiger partial charge in [0.15, 0.2) is 0 Å². The summed E-state index contributed by atoms with van der Waals surface area (Å²) in [7, 11) is 1.90. The lowest BCUT2D eigenvalue weighted by molar-refractivity contribution is 0.0697. The van der Waals surface area contributed by atoms with Gasteiger partial charge in [0.1, 0.15) is 0 Å². The van der Waals surface area contributed by atoms with Crippen molar-refractivity contribution < 1.29 is 9.90 Å². The molecule has 16 heavy (non-hydrogen) atoms. The molecule has 0 aliphatic carbocycles. The van der Waals surface area contributed by atoms with Crippen molar-refractivity contribution in [2.45, 2.75) is 26.8 Å². The van der Waals surface area contributed by atoms with Gasteiger partial charge in [-0.2, -0.15) is 0 Å². The Morgan fingerprint density at radius 2 is 2.06 bits per heavy atom. The molecule has 88 valence electrons. The first kappa shape index (κ1) is 12.5. The molecule has 0 bridgehead atoms. The molecule has 0 saturated carbocycles. The molecule has 0 aliphatic heterocycles. The average Bonchev–Trinajstić information content (AvgIpc) is 2.26. The second kappa shape index (κ2) is 4.96. The minimum absolute atomic E-state index is 0.266. The van der Waals surface area contributed by atoms with E-state index in [4.69, 9.17) is 5.11 Å². The van der Waals surface area contributed by atoms with Crippen LogP contribution in [0.15, 0.2) is 18.5 Å². The molecule has 0 spiro atoms. The van der Waals surface area contributed by atoms with Crippen LogP contribution < -0.4 is 4.90 Å². The lowest BCUT2D eigenvalue weighted by atomic mass is 10.0. The van der Waals surface area contributed by atoms with E-state index in [1.165, 1.54) is 12.3 Å². The quantitative estimate of drug-likeness (QED) is 0.849. The number of carboxylic acids is 1. The summed E-state index contributed by atoms with van der Waals surface area (Å²) in [5.74, 6) is -0.466. The highest BCUT2D eigenvalue weighted by atomic mass is 16.4. The fourth-order valence-electron chi connectivity index (χ4n) is 1.51. The van der Waals surface area contributed by atoms with Gasteiger partial charge in [-0.3, -0.25) is 4.98 Å². The van der Waals surface area contributed by atoms with E-state index >= 15 is 0 Å². The number of hydrogen-bond acceptors (Lipinski definition) is 3. The highest BCUT2D eigenvalue weighted by Crippen LogP contribution is 2.22. The molecule has 4 nitrogen and oxygen atoms in total. The van der Waals surface area contributed by atoms with E-state index in [0.29, 0.717) is 17.2 Å². The van der Waals surface area contributed by atoms with Crippen LogP contribution in [0.3, 0.4) is 0 Å². The van der Waals surface area contributed by atoms with Crippen LogP contribution >= 0.6 is 0 Å². The lowest BCUT2D eigenvalue weighted by Gasteiger charge is -2.30. The van der Waals surface area contributed by atoms with Gasteiger partial charge in [-0.05, 0) is 18.9 Å². The zero-order valence-corrected chi connectivity index (χ0v) is 10.1. The molecule has 1 heterocycles. The number of carbonyl (C=O) groups is 1. The number of carboxylic acid groups (broad SMARTS) is 1. The molecule has 0 aliphatic rings. The van der Waals surface area contributed by atoms with Crippen molar-refractivity contribution in [1.29, 1.82) is 0 Å². The smallest absolute Gasteiger partial charge is 0.337 e. The molecule has 1 rings (SSSR count). The van der Waals surface area contributed by atoms with Crippen LogP contribution in [0.25, 0.3) is 0 Å². The normalized spacial score (nSPS) is 12.6. The van der Waals surface area contributed by atoms with Crippen LogP contribution in [-0.4, -0.2) is 29.1 Å². The summed E-state index contributed by atoms with van der Waals surface area (Å²) >= 11 is 0. The number of anilines is 1. The molecule has 1 aromatic rings. The first-order valence-electron chi connectivity index (χ1n) is 5.35. The number of rotatable bonds is 4. The summed E-state index contributed by atoms with van der Waals surface area (Å²) in [5, 5.41) is 9.08. The molecule has 1 unspecified atom stereocenters. The summed E-state index contributed by atoms with van der Waals surface area (Å²) in [5.41, 5.74) is 0.959. The molecule has 0 fully saturated rings. The Bertz CT molecular complexity index is 377. The summed E-state index contributed by atoms with van der Waals surface area (Å²) in [6, 6.07) is 1.80. The molecule has 0 amide bonds. The van der Waals surface area contributed by atoms with Crippen molar-refractivity contribution in [1.82, 2.24) is 4.98 Å². The number of pyridine rings is 1. The Balaban J connectivity index is 3.08. The standard InChI is InChI=1S/C12H18N2O2/c1-8(2)9(3)14(4)11-7-13-6-5-10(11)12(15)16/h5-9H,1-4H3,(H,15,16). The maximum absolute atomic E-state index is 11.1.